The van der Waals surface area contributed by atoms with Gasteiger partial charge < -0.3 is 12.5 Å². The van der Waals surface area contributed by atoms with Crippen molar-refractivity contribution in [1.29, 1.82) is 0 Å². The molecule has 0 aliphatic heterocycles. The Morgan fingerprint density at radius 3 is 2.53 bits per heavy atom. The van der Waals surface area contributed by atoms with Gasteiger partial charge in [0, 0.05) is 11.1 Å². The first-order valence-corrected chi connectivity index (χ1v) is 4.72. The summed E-state index contributed by atoms with van der Waals surface area (Å²) < 4.78 is 0. The van der Waals surface area contributed by atoms with Gasteiger partial charge in [0.25, 0.3) is 0 Å². The minimum Gasteiger partial charge on any atom is -1.00 e. The predicted molar refractivity (Wildman–Crippen MR) is 65.5 cm³/mol. The minimum absolute atomic E-state index is 0. The Bertz CT molecular complexity index is 485. The van der Waals surface area contributed by atoms with E-state index in [1.807, 2.05) is 30.3 Å². The number of thiocarbonyl (C=S) groups is 1. The molecule has 0 radical (unpaired) electrons. The molecule has 0 saturated carbocycles. The molecule has 0 atom stereocenters. The molecule has 2 aromatic rings. The zero-order valence-corrected chi connectivity index (χ0v) is 11.3. The number of rotatable bonds is 1. The van der Waals surface area contributed by atoms with Gasteiger partial charge in [0.2, 0.25) is 0 Å². The molecular weight excluding hydrogens is 215 g/mol. The standard InChI is InChI=1S/C11H10N2S.Na.H/c12-11(14)13-10-7-3-5-8-4-1-2-6-9(8)10;;/h1-7H,(H3,12,13,14);;/q;+1;-1. The SMILES string of the molecule is NC(=S)Nc1cccc2ccccc12.[H-].[Na+]. The fraction of sp³-hybridized carbons (Fsp3) is 0. The van der Waals surface area contributed by atoms with Crippen molar-refractivity contribution in [2.24, 2.45) is 5.73 Å². The van der Waals surface area contributed by atoms with Crippen LogP contribution >= 0.6 is 12.2 Å². The molecule has 3 N–H and O–H groups in total. The van der Waals surface area contributed by atoms with Crippen LogP contribution in [0.2, 0.25) is 0 Å². The minimum atomic E-state index is 0. The molecule has 72 valence electrons. The van der Waals surface area contributed by atoms with Crippen LogP contribution in [0.4, 0.5) is 5.69 Å². The number of benzene rings is 2. The number of hydrogen-bond donors (Lipinski definition) is 2. The maximum Gasteiger partial charge on any atom is 1.00 e. The second kappa shape index (κ2) is 5.47. The number of nitrogens with two attached hydrogens (primary N) is 1. The molecule has 0 amide bonds. The molecule has 0 unspecified atom stereocenters. The second-order valence-electron chi connectivity index (χ2n) is 3.02. The molecule has 0 fully saturated rings. The first-order chi connectivity index (χ1) is 6.77. The van der Waals surface area contributed by atoms with Crippen molar-refractivity contribution in [1.82, 2.24) is 0 Å². The molecule has 0 heterocycles. The molecule has 0 saturated heterocycles. The van der Waals surface area contributed by atoms with Crippen LogP contribution in [0.1, 0.15) is 1.43 Å². The van der Waals surface area contributed by atoms with Crippen molar-refractivity contribution in [3.8, 4) is 0 Å². The zero-order valence-electron chi connectivity index (χ0n) is 9.53. The summed E-state index contributed by atoms with van der Waals surface area (Å²) in [6.45, 7) is 0. The van der Waals surface area contributed by atoms with E-state index in [2.05, 4.69) is 17.4 Å². The van der Waals surface area contributed by atoms with Gasteiger partial charge in [-0.05, 0) is 23.7 Å². The number of fused-ring (bicyclic) bond motifs is 1. The van der Waals surface area contributed by atoms with Gasteiger partial charge in [-0.2, -0.15) is 0 Å². The van der Waals surface area contributed by atoms with Crippen LogP contribution in [-0.4, -0.2) is 5.11 Å². The average molecular weight is 226 g/mol. The van der Waals surface area contributed by atoms with Crippen LogP contribution in [0.5, 0.6) is 0 Å². The van der Waals surface area contributed by atoms with Gasteiger partial charge in [0.15, 0.2) is 5.11 Å². The summed E-state index contributed by atoms with van der Waals surface area (Å²) in [5, 5.41) is 5.55. The van der Waals surface area contributed by atoms with E-state index in [0.29, 0.717) is 5.11 Å². The van der Waals surface area contributed by atoms with E-state index in [0.717, 1.165) is 11.1 Å². The summed E-state index contributed by atoms with van der Waals surface area (Å²) in [4.78, 5) is 0. The van der Waals surface area contributed by atoms with Crippen LogP contribution in [0.25, 0.3) is 10.8 Å². The summed E-state index contributed by atoms with van der Waals surface area (Å²) in [6.07, 6.45) is 0. The van der Waals surface area contributed by atoms with Gasteiger partial charge >= 0.3 is 29.6 Å². The van der Waals surface area contributed by atoms with Crippen molar-refractivity contribution >= 4 is 33.8 Å². The Balaban J connectivity index is 0.00000112. The van der Waals surface area contributed by atoms with Crippen LogP contribution in [0, 0.1) is 0 Å². The van der Waals surface area contributed by atoms with Crippen LogP contribution in [0.15, 0.2) is 42.5 Å². The molecule has 2 nitrogen and oxygen atoms in total. The monoisotopic (exact) mass is 226 g/mol. The molecule has 0 spiro atoms. The molecule has 0 aliphatic carbocycles. The summed E-state index contributed by atoms with van der Waals surface area (Å²) in [5.41, 5.74) is 6.39. The van der Waals surface area contributed by atoms with E-state index in [1.54, 1.807) is 0 Å². The van der Waals surface area contributed by atoms with E-state index >= 15 is 0 Å². The van der Waals surface area contributed by atoms with Crippen molar-refractivity contribution in [2.45, 2.75) is 0 Å². The molecular formula is C11H11N2NaS. The third-order valence-corrected chi connectivity index (χ3v) is 2.15. The summed E-state index contributed by atoms with van der Waals surface area (Å²) in [5.74, 6) is 0. The van der Waals surface area contributed by atoms with Gasteiger partial charge in [-0.1, -0.05) is 36.4 Å². The fourth-order valence-corrected chi connectivity index (χ4v) is 1.58. The predicted octanol–water partition coefficient (Wildman–Crippen LogP) is -0.388. The molecule has 0 aromatic heterocycles. The summed E-state index contributed by atoms with van der Waals surface area (Å²) >= 11 is 4.81. The number of nitrogens with one attached hydrogen (secondary N) is 1. The molecule has 2 rings (SSSR count). The van der Waals surface area contributed by atoms with Gasteiger partial charge in [0.1, 0.15) is 0 Å². The number of hydrogen-bond acceptors (Lipinski definition) is 1. The average Bonchev–Trinajstić information content (AvgIpc) is 2.18. The van der Waals surface area contributed by atoms with Gasteiger partial charge in [0.05, 0.1) is 0 Å². The first-order valence-electron chi connectivity index (χ1n) is 4.31. The van der Waals surface area contributed by atoms with Crippen molar-refractivity contribution in [3.63, 3.8) is 0 Å². The van der Waals surface area contributed by atoms with Crippen molar-refractivity contribution < 1.29 is 31.0 Å². The topological polar surface area (TPSA) is 38.0 Å². The summed E-state index contributed by atoms with van der Waals surface area (Å²) in [7, 11) is 0. The smallest absolute Gasteiger partial charge is 1.00 e. The van der Waals surface area contributed by atoms with Gasteiger partial charge in [-0.3, -0.25) is 0 Å². The second-order valence-corrected chi connectivity index (χ2v) is 3.46. The van der Waals surface area contributed by atoms with Crippen molar-refractivity contribution in [2.75, 3.05) is 5.32 Å². The summed E-state index contributed by atoms with van der Waals surface area (Å²) in [6, 6.07) is 14.1. The van der Waals surface area contributed by atoms with Crippen LogP contribution in [-0.2, 0) is 0 Å². The molecule has 4 heteroatoms. The Morgan fingerprint density at radius 2 is 1.80 bits per heavy atom. The van der Waals surface area contributed by atoms with E-state index in [4.69, 9.17) is 18.0 Å². The molecule has 2 aromatic carbocycles. The number of anilines is 1. The van der Waals surface area contributed by atoms with Crippen LogP contribution < -0.4 is 40.6 Å². The van der Waals surface area contributed by atoms with E-state index in [9.17, 15) is 0 Å². The Morgan fingerprint density at radius 1 is 1.13 bits per heavy atom. The largest absolute Gasteiger partial charge is 1.00 e. The third-order valence-electron chi connectivity index (χ3n) is 2.05. The molecule has 0 bridgehead atoms. The van der Waals surface area contributed by atoms with Crippen molar-refractivity contribution in [3.05, 3.63) is 42.5 Å². The van der Waals surface area contributed by atoms with Gasteiger partial charge in [-0.25, -0.2) is 0 Å². The van der Waals surface area contributed by atoms with Gasteiger partial charge in [-0.15, -0.1) is 0 Å². The van der Waals surface area contributed by atoms with E-state index in [1.165, 1.54) is 5.39 Å². The zero-order chi connectivity index (χ0) is 9.97. The third kappa shape index (κ3) is 2.92. The molecule has 15 heavy (non-hydrogen) atoms. The van der Waals surface area contributed by atoms with E-state index in [-0.39, 0.29) is 31.0 Å². The Hall–Kier alpha value is -0.610. The van der Waals surface area contributed by atoms with Crippen LogP contribution in [0.3, 0.4) is 0 Å². The maximum atomic E-state index is 5.44. The quantitative estimate of drug-likeness (QED) is 0.514. The Kier molecular flexibility index (Phi) is 4.54. The first kappa shape index (κ1) is 12.5. The molecule has 0 aliphatic rings. The normalized spacial score (nSPS) is 9.33. The van der Waals surface area contributed by atoms with E-state index < -0.39 is 0 Å². The Labute approximate surface area is 118 Å². The fourth-order valence-electron chi connectivity index (χ4n) is 1.47. The maximum absolute atomic E-state index is 5.44.